The summed E-state index contributed by atoms with van der Waals surface area (Å²) in [4.78, 5) is 32.1. The van der Waals surface area contributed by atoms with Crippen LogP contribution in [0.5, 0.6) is 0 Å². The number of anilines is 1. The van der Waals surface area contributed by atoms with E-state index in [-0.39, 0.29) is 24.8 Å². The number of carbonyl (C=O) groups excluding carboxylic acids is 1. The van der Waals surface area contributed by atoms with Crippen LogP contribution in [0.2, 0.25) is 0 Å². The maximum atomic E-state index is 13.5. The second kappa shape index (κ2) is 13.4. The highest BCUT2D eigenvalue weighted by molar-refractivity contribution is 6.17. The van der Waals surface area contributed by atoms with Crippen molar-refractivity contribution in [2.24, 2.45) is 4.99 Å². The molecule has 1 aliphatic heterocycles. The first-order valence-electron chi connectivity index (χ1n) is 13.3. The Kier molecular flexibility index (Phi) is 9.71. The first kappa shape index (κ1) is 29.0. The van der Waals surface area contributed by atoms with Gasteiger partial charge in [0.2, 0.25) is 5.91 Å². The molecule has 210 valence electrons. The van der Waals surface area contributed by atoms with E-state index in [1.54, 1.807) is 54.6 Å². The summed E-state index contributed by atoms with van der Waals surface area (Å²) in [5.74, 6) is -1.48. The number of aliphatic carboxylic acids is 1. The predicted octanol–water partition coefficient (Wildman–Crippen LogP) is 6.31. The van der Waals surface area contributed by atoms with Crippen molar-refractivity contribution in [3.05, 3.63) is 102 Å². The highest BCUT2D eigenvalue weighted by Gasteiger charge is 2.32. The second-order valence-corrected chi connectivity index (χ2v) is 9.85. The molecule has 0 bridgehead atoms. The molecule has 9 heteroatoms. The largest absolute Gasteiger partial charge is 0.480 e. The van der Waals surface area contributed by atoms with E-state index in [2.05, 4.69) is 15.2 Å². The molecule has 0 aromatic heterocycles. The molecule has 0 aliphatic carbocycles. The molecule has 4 rings (SSSR count). The number of nitrogens with one attached hydrogen (secondary N) is 1. The molecule has 6 nitrogen and oxygen atoms in total. The number of hydrogen-bond acceptors (Lipinski definition) is 4. The Bertz CT molecular complexity index is 1310. The van der Waals surface area contributed by atoms with Gasteiger partial charge in [-0.25, -0.2) is 4.79 Å². The monoisotopic (exact) mass is 551 g/mol. The van der Waals surface area contributed by atoms with Crippen molar-refractivity contribution in [3.8, 4) is 0 Å². The van der Waals surface area contributed by atoms with Crippen molar-refractivity contribution in [3.63, 3.8) is 0 Å². The van der Waals surface area contributed by atoms with Crippen molar-refractivity contribution in [2.45, 2.75) is 56.9 Å². The Hall–Kier alpha value is -3.98. The van der Waals surface area contributed by atoms with Crippen LogP contribution in [-0.2, 0) is 16.1 Å². The number of benzene rings is 3. The Morgan fingerprint density at radius 2 is 1.62 bits per heavy atom. The summed E-state index contributed by atoms with van der Waals surface area (Å²) in [6, 6.07) is 24.0. The van der Waals surface area contributed by atoms with Gasteiger partial charge >= 0.3 is 12.1 Å². The third kappa shape index (κ3) is 8.02. The number of nitrogens with zero attached hydrogens (tertiary/aromatic N) is 2. The normalized spacial score (nSPS) is 17.0. The minimum absolute atomic E-state index is 0.173. The van der Waals surface area contributed by atoms with Gasteiger partial charge in [-0.05, 0) is 43.9 Å². The van der Waals surface area contributed by atoms with Gasteiger partial charge in [0, 0.05) is 24.1 Å². The van der Waals surface area contributed by atoms with Crippen molar-refractivity contribution in [2.75, 3.05) is 11.9 Å². The molecule has 1 aliphatic rings. The molecule has 2 atom stereocenters. The Balaban J connectivity index is 1.61. The number of carbonyl (C=O) groups is 2. The van der Waals surface area contributed by atoms with Gasteiger partial charge in [0.15, 0.2) is 0 Å². The summed E-state index contributed by atoms with van der Waals surface area (Å²) in [7, 11) is 0. The molecule has 3 aromatic carbocycles. The number of hydrogen-bond donors (Lipinski definition) is 2. The zero-order valence-electron chi connectivity index (χ0n) is 22.0. The molecular weight excluding hydrogens is 519 g/mol. The maximum absolute atomic E-state index is 13.5. The smallest absolute Gasteiger partial charge is 0.389 e. The van der Waals surface area contributed by atoms with Crippen molar-refractivity contribution in [1.82, 2.24) is 4.90 Å². The third-order valence-corrected chi connectivity index (χ3v) is 6.89. The lowest BCUT2D eigenvalue weighted by atomic mass is 9.99. The van der Waals surface area contributed by atoms with Crippen LogP contribution in [0.3, 0.4) is 0 Å². The van der Waals surface area contributed by atoms with E-state index in [0.29, 0.717) is 35.5 Å². The van der Waals surface area contributed by atoms with Gasteiger partial charge in [-0.3, -0.25) is 14.7 Å². The highest BCUT2D eigenvalue weighted by Crippen LogP contribution is 2.27. The van der Waals surface area contributed by atoms with E-state index in [9.17, 15) is 27.9 Å². The number of carboxylic acids is 1. The van der Waals surface area contributed by atoms with Gasteiger partial charge in [-0.15, -0.1) is 0 Å². The SMILES string of the molecule is O=C(O)[C@H](CCCC(F)(F)F)N=C(c1ccccc1)c1ccccc1NC(=O)[C@@H]1CCCN1Cc1ccccc1. The lowest BCUT2D eigenvalue weighted by Crippen LogP contribution is -2.39. The second-order valence-electron chi connectivity index (χ2n) is 9.85. The summed E-state index contributed by atoms with van der Waals surface area (Å²) in [5, 5.41) is 12.8. The first-order chi connectivity index (χ1) is 19.2. The highest BCUT2D eigenvalue weighted by atomic mass is 19.4. The van der Waals surface area contributed by atoms with Crippen LogP contribution in [0.25, 0.3) is 0 Å². The number of likely N-dealkylation sites (tertiary alicyclic amines) is 1. The number of rotatable bonds is 11. The quantitative estimate of drug-likeness (QED) is 0.274. The summed E-state index contributed by atoms with van der Waals surface area (Å²) in [6.45, 7) is 1.44. The molecule has 0 saturated carbocycles. The first-order valence-corrected chi connectivity index (χ1v) is 13.3. The average molecular weight is 552 g/mol. The minimum Gasteiger partial charge on any atom is -0.480 e. The van der Waals surface area contributed by atoms with Gasteiger partial charge in [-0.1, -0.05) is 78.9 Å². The molecule has 1 fully saturated rings. The fourth-order valence-corrected chi connectivity index (χ4v) is 4.94. The topological polar surface area (TPSA) is 82.0 Å². The molecule has 40 heavy (non-hydrogen) atoms. The van der Waals surface area contributed by atoms with Gasteiger partial charge in [0.1, 0.15) is 6.04 Å². The van der Waals surface area contributed by atoms with E-state index in [1.165, 1.54) is 0 Å². The number of carboxylic acid groups (broad SMARTS) is 1. The number of para-hydroxylation sites is 1. The van der Waals surface area contributed by atoms with E-state index < -0.39 is 24.6 Å². The third-order valence-electron chi connectivity index (χ3n) is 6.89. The minimum atomic E-state index is -4.37. The van der Waals surface area contributed by atoms with Crippen LogP contribution in [0, 0.1) is 0 Å². The van der Waals surface area contributed by atoms with Crippen molar-refractivity contribution >= 4 is 23.3 Å². The lowest BCUT2D eigenvalue weighted by molar-refractivity contribution is -0.142. The Labute approximate surface area is 231 Å². The Morgan fingerprint density at radius 3 is 2.30 bits per heavy atom. The molecular formula is C31H32F3N3O3. The summed E-state index contributed by atoms with van der Waals surface area (Å²) >= 11 is 0. The number of alkyl halides is 3. The summed E-state index contributed by atoms with van der Waals surface area (Å²) < 4.78 is 38.2. The van der Waals surface area contributed by atoms with E-state index in [1.807, 2.05) is 30.3 Å². The van der Waals surface area contributed by atoms with Crippen LogP contribution >= 0.6 is 0 Å². The summed E-state index contributed by atoms with van der Waals surface area (Å²) in [5.41, 5.74) is 2.96. The molecule has 3 aromatic rings. The van der Waals surface area contributed by atoms with Crippen LogP contribution < -0.4 is 5.32 Å². The Morgan fingerprint density at radius 1 is 0.975 bits per heavy atom. The van der Waals surface area contributed by atoms with E-state index in [4.69, 9.17) is 0 Å². The molecule has 0 unspecified atom stereocenters. The van der Waals surface area contributed by atoms with Gasteiger partial charge in [0.05, 0.1) is 17.4 Å². The molecule has 1 amide bonds. The fraction of sp³-hybridized carbons (Fsp3) is 0.323. The van der Waals surface area contributed by atoms with Crippen LogP contribution in [0.1, 0.15) is 48.8 Å². The van der Waals surface area contributed by atoms with E-state index in [0.717, 1.165) is 18.5 Å². The fourth-order valence-electron chi connectivity index (χ4n) is 4.94. The number of halogens is 3. The molecule has 1 saturated heterocycles. The standard InChI is InChI=1S/C31H32F3N3O3/c32-31(33,34)19-9-17-26(30(39)40)35-28(23-13-5-2-6-14-23)24-15-7-8-16-25(24)36-29(38)27-18-10-20-37(27)21-22-11-3-1-4-12-22/h1-8,11-16,26-27H,9-10,17-21H2,(H,36,38)(H,39,40)/t26-,27-/m0/s1. The van der Waals surface area contributed by atoms with Gasteiger partial charge in [0.25, 0.3) is 0 Å². The molecule has 1 heterocycles. The van der Waals surface area contributed by atoms with Crippen LogP contribution in [-0.4, -0.2) is 52.4 Å². The van der Waals surface area contributed by atoms with Crippen molar-refractivity contribution in [1.29, 1.82) is 0 Å². The average Bonchev–Trinajstić information content (AvgIpc) is 3.39. The van der Waals surface area contributed by atoms with Crippen LogP contribution in [0.15, 0.2) is 89.9 Å². The maximum Gasteiger partial charge on any atom is 0.389 e. The van der Waals surface area contributed by atoms with E-state index >= 15 is 0 Å². The zero-order chi connectivity index (χ0) is 28.5. The van der Waals surface area contributed by atoms with Crippen molar-refractivity contribution < 1.29 is 27.9 Å². The van der Waals surface area contributed by atoms with Crippen LogP contribution in [0.4, 0.5) is 18.9 Å². The number of aliphatic imine (C=N–C) groups is 1. The molecule has 0 radical (unpaired) electrons. The zero-order valence-corrected chi connectivity index (χ0v) is 22.0. The van der Waals surface area contributed by atoms with Gasteiger partial charge in [-0.2, -0.15) is 13.2 Å². The molecule has 0 spiro atoms. The predicted molar refractivity (Wildman–Crippen MR) is 148 cm³/mol. The summed E-state index contributed by atoms with van der Waals surface area (Å²) in [6.07, 6.45) is -4.48. The van der Waals surface area contributed by atoms with Gasteiger partial charge < -0.3 is 10.4 Å². The molecule has 2 N–H and O–H groups in total. The lowest BCUT2D eigenvalue weighted by Gasteiger charge is -2.24. The number of amides is 1.